The van der Waals surface area contributed by atoms with Crippen LogP contribution >= 0.6 is 0 Å². The molecule has 1 aliphatic rings. The van der Waals surface area contributed by atoms with Crippen molar-refractivity contribution < 1.29 is 9.53 Å². The van der Waals surface area contributed by atoms with Gasteiger partial charge in [0.05, 0.1) is 17.4 Å². The van der Waals surface area contributed by atoms with Crippen molar-refractivity contribution in [2.75, 3.05) is 0 Å². The number of amides is 1. The summed E-state index contributed by atoms with van der Waals surface area (Å²) in [7, 11) is 0. The Bertz CT molecular complexity index is 372. The number of hydrogen-bond acceptors (Lipinski definition) is 3. The van der Waals surface area contributed by atoms with Gasteiger partial charge in [-0.25, -0.2) is 0 Å². The lowest BCUT2D eigenvalue weighted by Gasteiger charge is -2.10. The van der Waals surface area contributed by atoms with E-state index in [9.17, 15) is 4.79 Å². The van der Waals surface area contributed by atoms with Crippen molar-refractivity contribution in [1.82, 2.24) is 4.98 Å². The first-order valence-corrected chi connectivity index (χ1v) is 4.60. The number of nitrogens with zero attached hydrogens (tertiary/aromatic N) is 1. The molecule has 1 saturated carbocycles. The predicted molar refractivity (Wildman–Crippen MR) is 51.1 cm³/mol. The van der Waals surface area contributed by atoms with Crippen LogP contribution < -0.4 is 10.5 Å². The molecule has 0 atom stereocenters. The summed E-state index contributed by atoms with van der Waals surface area (Å²) in [6.07, 6.45) is 3.91. The van der Waals surface area contributed by atoms with E-state index >= 15 is 0 Å². The third-order valence-electron chi connectivity index (χ3n) is 2.16. The predicted octanol–water partition coefficient (Wildman–Crippen LogP) is 1.03. The van der Waals surface area contributed by atoms with Crippen molar-refractivity contribution in [1.29, 1.82) is 0 Å². The normalized spacial score (nSPS) is 15.2. The van der Waals surface area contributed by atoms with Gasteiger partial charge in [0.1, 0.15) is 0 Å². The molecule has 0 bridgehead atoms. The summed E-state index contributed by atoms with van der Waals surface area (Å²) in [6.45, 7) is 1.81. The molecule has 0 aromatic carbocycles. The van der Waals surface area contributed by atoms with Crippen molar-refractivity contribution in [2.45, 2.75) is 25.9 Å². The third kappa shape index (κ3) is 1.69. The van der Waals surface area contributed by atoms with Crippen molar-refractivity contribution in [3.63, 3.8) is 0 Å². The molecule has 0 aliphatic heterocycles. The van der Waals surface area contributed by atoms with Crippen LogP contribution in [0.25, 0.3) is 0 Å². The van der Waals surface area contributed by atoms with E-state index in [0.29, 0.717) is 17.0 Å². The largest absolute Gasteiger partial charge is 0.488 e. The van der Waals surface area contributed by atoms with Crippen LogP contribution in [0.5, 0.6) is 5.75 Å². The van der Waals surface area contributed by atoms with Gasteiger partial charge in [-0.2, -0.15) is 0 Å². The molecule has 2 rings (SSSR count). The Kier molecular flexibility index (Phi) is 2.11. The summed E-state index contributed by atoms with van der Waals surface area (Å²) in [5.41, 5.74) is 6.37. The Labute approximate surface area is 82.1 Å². The molecular formula is C10H12N2O2. The van der Waals surface area contributed by atoms with Gasteiger partial charge in [0.2, 0.25) is 0 Å². The Morgan fingerprint density at radius 1 is 1.64 bits per heavy atom. The molecule has 4 nitrogen and oxygen atoms in total. The van der Waals surface area contributed by atoms with Gasteiger partial charge in [0.15, 0.2) is 5.75 Å². The van der Waals surface area contributed by atoms with E-state index in [1.165, 1.54) is 0 Å². The number of aromatic nitrogens is 1. The van der Waals surface area contributed by atoms with E-state index < -0.39 is 5.91 Å². The highest BCUT2D eigenvalue weighted by molar-refractivity contribution is 5.95. The number of ether oxygens (including phenoxy) is 1. The van der Waals surface area contributed by atoms with E-state index in [4.69, 9.17) is 10.5 Å². The minimum Gasteiger partial charge on any atom is -0.488 e. The van der Waals surface area contributed by atoms with Gasteiger partial charge in [0, 0.05) is 6.20 Å². The Balaban J connectivity index is 2.36. The summed E-state index contributed by atoms with van der Waals surface area (Å²) in [6, 6.07) is 1.59. The SMILES string of the molecule is Cc1nccc(C(N)=O)c1OC1CC1. The monoisotopic (exact) mass is 192 g/mol. The number of nitrogens with two attached hydrogens (primary N) is 1. The highest BCUT2D eigenvalue weighted by atomic mass is 16.5. The molecule has 0 radical (unpaired) electrons. The van der Waals surface area contributed by atoms with Crippen molar-refractivity contribution in [3.8, 4) is 5.75 Å². The Morgan fingerprint density at radius 2 is 2.36 bits per heavy atom. The van der Waals surface area contributed by atoms with E-state index in [2.05, 4.69) is 4.98 Å². The molecule has 0 spiro atoms. The van der Waals surface area contributed by atoms with Crippen LogP contribution in [0.3, 0.4) is 0 Å². The van der Waals surface area contributed by atoms with Crippen LogP contribution in [-0.2, 0) is 0 Å². The minimum atomic E-state index is -0.467. The fraction of sp³-hybridized carbons (Fsp3) is 0.400. The van der Waals surface area contributed by atoms with Gasteiger partial charge < -0.3 is 10.5 Å². The van der Waals surface area contributed by atoms with Crippen molar-refractivity contribution in [3.05, 3.63) is 23.5 Å². The van der Waals surface area contributed by atoms with Crippen molar-refractivity contribution >= 4 is 5.91 Å². The van der Waals surface area contributed by atoms with Gasteiger partial charge >= 0.3 is 0 Å². The van der Waals surface area contributed by atoms with Crippen LogP contribution in [0.15, 0.2) is 12.3 Å². The lowest BCUT2D eigenvalue weighted by Crippen LogP contribution is -2.14. The molecular weight excluding hydrogens is 180 g/mol. The maximum Gasteiger partial charge on any atom is 0.252 e. The minimum absolute atomic E-state index is 0.246. The smallest absolute Gasteiger partial charge is 0.252 e. The number of aryl methyl sites for hydroxylation is 1. The molecule has 0 unspecified atom stereocenters. The van der Waals surface area contributed by atoms with Gasteiger partial charge in [-0.3, -0.25) is 9.78 Å². The fourth-order valence-corrected chi connectivity index (χ4v) is 1.25. The van der Waals surface area contributed by atoms with Crippen LogP contribution in [0.1, 0.15) is 28.9 Å². The molecule has 1 aromatic rings. The number of rotatable bonds is 3. The second-order valence-electron chi connectivity index (χ2n) is 3.45. The lowest BCUT2D eigenvalue weighted by atomic mass is 10.2. The van der Waals surface area contributed by atoms with Gasteiger partial charge in [-0.15, -0.1) is 0 Å². The average Bonchev–Trinajstić information content (AvgIpc) is 2.91. The highest BCUT2D eigenvalue weighted by Crippen LogP contribution is 2.30. The van der Waals surface area contributed by atoms with E-state index in [0.717, 1.165) is 12.8 Å². The fourth-order valence-electron chi connectivity index (χ4n) is 1.25. The first-order chi connectivity index (χ1) is 6.68. The first-order valence-electron chi connectivity index (χ1n) is 4.60. The third-order valence-corrected chi connectivity index (χ3v) is 2.16. The van der Waals surface area contributed by atoms with Crippen molar-refractivity contribution in [2.24, 2.45) is 5.73 Å². The summed E-state index contributed by atoms with van der Waals surface area (Å²) < 4.78 is 5.59. The van der Waals surface area contributed by atoms with Crippen LogP contribution in [0, 0.1) is 6.92 Å². The number of carbonyl (C=O) groups excluding carboxylic acids is 1. The molecule has 14 heavy (non-hydrogen) atoms. The summed E-state index contributed by atoms with van der Waals surface area (Å²) in [4.78, 5) is 15.2. The van der Waals surface area contributed by atoms with Gasteiger partial charge in [-0.05, 0) is 25.8 Å². The second kappa shape index (κ2) is 3.29. The molecule has 1 aromatic heterocycles. The van der Waals surface area contributed by atoms with Crippen LogP contribution in [0.4, 0.5) is 0 Å². The summed E-state index contributed by atoms with van der Waals surface area (Å²) in [5.74, 6) is 0.0775. The highest BCUT2D eigenvalue weighted by Gasteiger charge is 2.26. The molecule has 1 amide bonds. The van der Waals surface area contributed by atoms with E-state index in [-0.39, 0.29) is 6.10 Å². The zero-order valence-electron chi connectivity index (χ0n) is 7.99. The number of hydrogen-bond donors (Lipinski definition) is 1. The molecule has 1 fully saturated rings. The molecule has 1 heterocycles. The Hall–Kier alpha value is -1.58. The topological polar surface area (TPSA) is 65.2 Å². The maximum absolute atomic E-state index is 11.1. The average molecular weight is 192 g/mol. The second-order valence-corrected chi connectivity index (χ2v) is 3.45. The van der Waals surface area contributed by atoms with E-state index in [1.54, 1.807) is 12.3 Å². The first kappa shape index (κ1) is 8.99. The summed E-state index contributed by atoms with van der Waals surface area (Å²) in [5, 5.41) is 0. The van der Waals surface area contributed by atoms with Crippen LogP contribution in [0.2, 0.25) is 0 Å². The van der Waals surface area contributed by atoms with Crippen LogP contribution in [-0.4, -0.2) is 17.0 Å². The molecule has 2 N–H and O–H groups in total. The Morgan fingerprint density at radius 3 is 2.93 bits per heavy atom. The van der Waals surface area contributed by atoms with Gasteiger partial charge in [0.25, 0.3) is 5.91 Å². The molecule has 4 heteroatoms. The number of carbonyl (C=O) groups is 1. The number of pyridine rings is 1. The molecule has 74 valence electrons. The van der Waals surface area contributed by atoms with Gasteiger partial charge in [-0.1, -0.05) is 0 Å². The molecule has 1 aliphatic carbocycles. The zero-order valence-corrected chi connectivity index (χ0v) is 7.99. The van der Waals surface area contributed by atoms with E-state index in [1.807, 2.05) is 6.92 Å². The quantitative estimate of drug-likeness (QED) is 0.777. The summed E-state index contributed by atoms with van der Waals surface area (Å²) >= 11 is 0. The molecule has 0 saturated heterocycles. The zero-order chi connectivity index (χ0) is 10.1. The maximum atomic E-state index is 11.1. The lowest BCUT2D eigenvalue weighted by molar-refractivity contribution is 0.0995. The standard InChI is InChI=1S/C10H12N2O2/c1-6-9(14-7-2-3-7)8(10(11)13)4-5-12-6/h4-5,7H,2-3H2,1H3,(H2,11,13). The number of primary amides is 1.